The van der Waals surface area contributed by atoms with E-state index in [2.05, 4.69) is 44.8 Å². The lowest BCUT2D eigenvalue weighted by molar-refractivity contribution is 0.0828. The summed E-state index contributed by atoms with van der Waals surface area (Å²) < 4.78 is 0. The molecule has 120 valence electrons. The third kappa shape index (κ3) is 5.04. The molecule has 2 unspecified atom stereocenters. The first-order valence-corrected chi connectivity index (χ1v) is 9.06. The van der Waals surface area contributed by atoms with Crippen LogP contribution in [0.15, 0.2) is 0 Å². The molecule has 0 spiro atoms. The molecule has 20 heavy (non-hydrogen) atoms. The van der Waals surface area contributed by atoms with Crippen molar-refractivity contribution in [2.24, 2.45) is 11.3 Å². The fraction of sp³-hybridized carbons (Fsp3) is 1.00. The van der Waals surface area contributed by atoms with Gasteiger partial charge in [0.15, 0.2) is 0 Å². The van der Waals surface area contributed by atoms with E-state index < -0.39 is 0 Å². The second-order valence-electron chi connectivity index (χ2n) is 6.95. The highest BCUT2D eigenvalue weighted by atomic mass is 15.2. The fourth-order valence-corrected chi connectivity index (χ4v) is 3.51. The van der Waals surface area contributed by atoms with E-state index in [1.165, 1.54) is 58.2 Å². The predicted octanol–water partition coefficient (Wildman–Crippen LogP) is 4.30. The first-order valence-electron chi connectivity index (χ1n) is 9.06. The van der Waals surface area contributed by atoms with Gasteiger partial charge in [0.1, 0.15) is 0 Å². The Morgan fingerprint density at radius 3 is 2.10 bits per heavy atom. The van der Waals surface area contributed by atoms with E-state index in [0.29, 0.717) is 11.5 Å². The Morgan fingerprint density at radius 1 is 1.05 bits per heavy atom. The lowest BCUT2D eigenvalue weighted by Crippen LogP contribution is -2.49. The Balaban J connectivity index is 2.46. The number of nitrogens with zero attached hydrogens (tertiary/aromatic N) is 1. The van der Waals surface area contributed by atoms with Crippen molar-refractivity contribution in [3.63, 3.8) is 0 Å². The van der Waals surface area contributed by atoms with Gasteiger partial charge in [0.2, 0.25) is 0 Å². The number of nitrogens with one attached hydrogen (secondary N) is 1. The molecule has 2 atom stereocenters. The maximum atomic E-state index is 3.77. The van der Waals surface area contributed by atoms with Crippen LogP contribution < -0.4 is 5.32 Å². The van der Waals surface area contributed by atoms with Gasteiger partial charge in [0, 0.05) is 12.6 Å². The van der Waals surface area contributed by atoms with E-state index in [4.69, 9.17) is 0 Å². The second kappa shape index (κ2) is 9.04. The lowest BCUT2D eigenvalue weighted by Gasteiger charge is -2.42. The van der Waals surface area contributed by atoms with E-state index in [1.54, 1.807) is 0 Å². The molecule has 0 aromatic rings. The van der Waals surface area contributed by atoms with Crippen LogP contribution >= 0.6 is 0 Å². The standard InChI is InChI=1S/C18H38N2/c1-6-12-19-17(16(5)7-2)15-20-13-10-18(8-3,9-4)11-14-20/h16-17,19H,6-15H2,1-5H3. The molecular formula is C18H38N2. The molecule has 1 rings (SSSR count). The van der Waals surface area contributed by atoms with E-state index in [-0.39, 0.29) is 0 Å². The lowest BCUT2D eigenvalue weighted by atomic mass is 9.74. The first-order chi connectivity index (χ1) is 9.60. The summed E-state index contributed by atoms with van der Waals surface area (Å²) in [6.07, 6.45) is 8.05. The summed E-state index contributed by atoms with van der Waals surface area (Å²) in [5, 5.41) is 3.77. The molecule has 2 heteroatoms. The average molecular weight is 283 g/mol. The maximum Gasteiger partial charge on any atom is 0.0220 e. The van der Waals surface area contributed by atoms with Crippen LogP contribution in [0.1, 0.15) is 73.1 Å². The Hall–Kier alpha value is -0.0800. The summed E-state index contributed by atoms with van der Waals surface area (Å²) in [4.78, 5) is 2.71. The number of hydrogen-bond acceptors (Lipinski definition) is 2. The minimum atomic E-state index is 0.652. The number of rotatable bonds is 9. The molecule has 0 radical (unpaired) electrons. The Morgan fingerprint density at radius 2 is 1.65 bits per heavy atom. The Bertz CT molecular complexity index is 238. The van der Waals surface area contributed by atoms with Crippen LogP contribution in [-0.2, 0) is 0 Å². The van der Waals surface area contributed by atoms with Gasteiger partial charge in [-0.1, -0.05) is 53.9 Å². The number of hydrogen-bond donors (Lipinski definition) is 1. The van der Waals surface area contributed by atoms with Crippen molar-refractivity contribution in [1.29, 1.82) is 0 Å². The van der Waals surface area contributed by atoms with Gasteiger partial charge in [0.05, 0.1) is 0 Å². The van der Waals surface area contributed by atoms with Crippen molar-refractivity contribution < 1.29 is 0 Å². The topological polar surface area (TPSA) is 15.3 Å². The zero-order valence-electron chi connectivity index (χ0n) is 14.7. The second-order valence-corrected chi connectivity index (χ2v) is 6.95. The third-order valence-corrected chi connectivity index (χ3v) is 5.86. The molecule has 0 amide bonds. The van der Waals surface area contributed by atoms with Gasteiger partial charge in [-0.05, 0) is 50.2 Å². The molecule has 0 aromatic carbocycles. The van der Waals surface area contributed by atoms with E-state index in [0.717, 1.165) is 12.5 Å². The van der Waals surface area contributed by atoms with Gasteiger partial charge in [0.25, 0.3) is 0 Å². The van der Waals surface area contributed by atoms with Crippen LogP contribution in [0.2, 0.25) is 0 Å². The van der Waals surface area contributed by atoms with Crippen LogP contribution in [0, 0.1) is 11.3 Å². The Kier molecular flexibility index (Phi) is 8.13. The molecular weight excluding hydrogens is 244 g/mol. The first kappa shape index (κ1) is 18.0. The minimum absolute atomic E-state index is 0.652. The van der Waals surface area contributed by atoms with Crippen molar-refractivity contribution >= 4 is 0 Å². The Labute approximate surface area is 127 Å². The van der Waals surface area contributed by atoms with Crippen molar-refractivity contribution in [3.05, 3.63) is 0 Å². The highest BCUT2D eigenvalue weighted by molar-refractivity contribution is 4.86. The smallest absolute Gasteiger partial charge is 0.0220 e. The molecule has 1 aliphatic rings. The van der Waals surface area contributed by atoms with Gasteiger partial charge in [-0.25, -0.2) is 0 Å². The van der Waals surface area contributed by atoms with Crippen LogP contribution in [0.5, 0.6) is 0 Å². The molecule has 1 fully saturated rings. The molecule has 0 aromatic heterocycles. The van der Waals surface area contributed by atoms with Gasteiger partial charge < -0.3 is 10.2 Å². The molecule has 0 bridgehead atoms. The normalized spacial score (nSPS) is 22.6. The van der Waals surface area contributed by atoms with E-state index in [9.17, 15) is 0 Å². The predicted molar refractivity (Wildman–Crippen MR) is 90.2 cm³/mol. The summed E-state index contributed by atoms with van der Waals surface area (Å²) in [5.74, 6) is 0.783. The van der Waals surface area contributed by atoms with Crippen molar-refractivity contribution in [1.82, 2.24) is 10.2 Å². The molecule has 1 aliphatic heterocycles. The molecule has 1 saturated heterocycles. The van der Waals surface area contributed by atoms with E-state index in [1.807, 2.05) is 0 Å². The molecule has 2 nitrogen and oxygen atoms in total. The van der Waals surface area contributed by atoms with Crippen LogP contribution in [0.3, 0.4) is 0 Å². The maximum absolute atomic E-state index is 3.77. The van der Waals surface area contributed by atoms with Crippen molar-refractivity contribution in [2.75, 3.05) is 26.2 Å². The third-order valence-electron chi connectivity index (χ3n) is 5.86. The van der Waals surface area contributed by atoms with Crippen LogP contribution in [0.25, 0.3) is 0 Å². The number of likely N-dealkylation sites (tertiary alicyclic amines) is 1. The van der Waals surface area contributed by atoms with Gasteiger partial charge in [-0.3, -0.25) is 0 Å². The van der Waals surface area contributed by atoms with Crippen molar-refractivity contribution in [2.45, 2.75) is 79.2 Å². The molecule has 1 N–H and O–H groups in total. The van der Waals surface area contributed by atoms with Gasteiger partial charge in [-0.15, -0.1) is 0 Å². The molecule has 0 saturated carbocycles. The minimum Gasteiger partial charge on any atom is -0.312 e. The van der Waals surface area contributed by atoms with E-state index >= 15 is 0 Å². The highest BCUT2D eigenvalue weighted by Gasteiger charge is 2.32. The monoisotopic (exact) mass is 282 g/mol. The van der Waals surface area contributed by atoms with Gasteiger partial charge >= 0.3 is 0 Å². The SMILES string of the molecule is CCCNC(CN1CCC(CC)(CC)CC1)C(C)CC. The number of piperidine rings is 1. The fourth-order valence-electron chi connectivity index (χ4n) is 3.51. The summed E-state index contributed by atoms with van der Waals surface area (Å²) >= 11 is 0. The summed E-state index contributed by atoms with van der Waals surface area (Å²) in [5.41, 5.74) is 0.652. The summed E-state index contributed by atoms with van der Waals surface area (Å²) in [7, 11) is 0. The van der Waals surface area contributed by atoms with Gasteiger partial charge in [-0.2, -0.15) is 0 Å². The molecule has 0 aliphatic carbocycles. The highest BCUT2D eigenvalue weighted by Crippen LogP contribution is 2.37. The van der Waals surface area contributed by atoms with Crippen LogP contribution in [-0.4, -0.2) is 37.1 Å². The largest absolute Gasteiger partial charge is 0.312 e. The quantitative estimate of drug-likeness (QED) is 0.678. The average Bonchev–Trinajstić information content (AvgIpc) is 2.51. The van der Waals surface area contributed by atoms with Crippen LogP contribution in [0.4, 0.5) is 0 Å². The zero-order valence-corrected chi connectivity index (χ0v) is 14.7. The van der Waals surface area contributed by atoms with Crippen molar-refractivity contribution in [3.8, 4) is 0 Å². The zero-order chi connectivity index (χ0) is 15.0. The summed E-state index contributed by atoms with van der Waals surface area (Å²) in [6.45, 7) is 16.8. The molecule has 1 heterocycles. The summed E-state index contributed by atoms with van der Waals surface area (Å²) in [6, 6.07) is 0.677.